The third-order valence-electron chi connectivity index (χ3n) is 4.29. The van der Waals surface area contributed by atoms with Gasteiger partial charge in [0.15, 0.2) is 0 Å². The Morgan fingerprint density at radius 2 is 1.77 bits per heavy atom. The average molecular weight is 305 g/mol. The zero-order valence-corrected chi connectivity index (χ0v) is 13.2. The predicted octanol–water partition coefficient (Wildman–Crippen LogP) is 2.45. The van der Waals surface area contributed by atoms with Gasteiger partial charge in [-0.15, -0.1) is 0 Å². The molecule has 6 nitrogen and oxygen atoms in total. The summed E-state index contributed by atoms with van der Waals surface area (Å²) in [5, 5.41) is 9.70. The summed E-state index contributed by atoms with van der Waals surface area (Å²) in [6, 6.07) is 7.01. The average Bonchev–Trinajstić information content (AvgIpc) is 2.40. The van der Waals surface area contributed by atoms with Gasteiger partial charge in [-0.05, 0) is 57.7 Å². The molecule has 0 heterocycles. The molecule has 2 amide bonds. The molecular formula is C16H23N3O3. The number of nitrogen functional groups attached to an aromatic ring is 1. The van der Waals surface area contributed by atoms with E-state index in [2.05, 4.69) is 5.43 Å². The van der Waals surface area contributed by atoms with Crippen molar-refractivity contribution >= 4 is 12.0 Å². The fraction of sp³-hybridized carbons (Fsp3) is 0.500. The first-order chi connectivity index (χ1) is 10.2. The van der Waals surface area contributed by atoms with E-state index in [4.69, 9.17) is 5.84 Å². The molecule has 1 aromatic rings. The monoisotopic (exact) mass is 305 g/mol. The first-order valence-corrected chi connectivity index (χ1v) is 7.37. The van der Waals surface area contributed by atoms with Crippen LogP contribution in [0.1, 0.15) is 56.0 Å². The first-order valence-electron chi connectivity index (χ1n) is 7.37. The largest absolute Gasteiger partial charge is 0.465 e. The normalized spacial score (nSPS) is 16.5. The molecule has 22 heavy (non-hydrogen) atoms. The third-order valence-corrected chi connectivity index (χ3v) is 4.29. The third kappa shape index (κ3) is 2.66. The molecule has 1 aliphatic rings. The first kappa shape index (κ1) is 16.3. The zero-order valence-electron chi connectivity index (χ0n) is 13.2. The highest BCUT2D eigenvalue weighted by molar-refractivity contribution is 5.93. The molecule has 120 valence electrons. The van der Waals surface area contributed by atoms with Crippen LogP contribution in [0.15, 0.2) is 24.3 Å². The molecule has 1 aromatic carbocycles. The van der Waals surface area contributed by atoms with Crippen LogP contribution < -0.4 is 11.3 Å². The van der Waals surface area contributed by atoms with Crippen molar-refractivity contribution in [2.24, 2.45) is 5.84 Å². The second-order valence-corrected chi connectivity index (χ2v) is 6.72. The Hall–Kier alpha value is -2.08. The van der Waals surface area contributed by atoms with E-state index in [9.17, 15) is 14.7 Å². The minimum Gasteiger partial charge on any atom is -0.465 e. The van der Waals surface area contributed by atoms with Crippen molar-refractivity contribution in [2.45, 2.75) is 51.1 Å². The number of hydrogen-bond acceptors (Lipinski definition) is 3. The van der Waals surface area contributed by atoms with E-state index in [0.29, 0.717) is 5.56 Å². The topological polar surface area (TPSA) is 95.7 Å². The minimum atomic E-state index is -0.920. The number of rotatable bonds is 3. The molecule has 2 rings (SSSR count). The molecule has 0 radical (unpaired) electrons. The van der Waals surface area contributed by atoms with Crippen molar-refractivity contribution in [3.63, 3.8) is 0 Å². The molecule has 4 N–H and O–H groups in total. The Balaban J connectivity index is 2.42. The Morgan fingerprint density at radius 1 is 1.23 bits per heavy atom. The van der Waals surface area contributed by atoms with Crippen molar-refractivity contribution in [1.82, 2.24) is 10.3 Å². The summed E-state index contributed by atoms with van der Waals surface area (Å²) in [5.74, 6) is 4.76. The lowest BCUT2D eigenvalue weighted by molar-refractivity contribution is -0.0328. The van der Waals surface area contributed by atoms with E-state index >= 15 is 0 Å². The van der Waals surface area contributed by atoms with Gasteiger partial charge in [0.25, 0.3) is 5.91 Å². The highest BCUT2D eigenvalue weighted by atomic mass is 16.4. The minimum absolute atomic E-state index is 0.361. The number of nitrogens with one attached hydrogen (secondary N) is 1. The maximum absolute atomic E-state index is 11.8. The smallest absolute Gasteiger partial charge is 0.408 e. The van der Waals surface area contributed by atoms with Crippen molar-refractivity contribution in [1.29, 1.82) is 0 Å². The SMILES string of the molecule is CC(C)(C)N(C(=O)O)C1(c2ccc(C(=O)NN)cc2)CCC1. The summed E-state index contributed by atoms with van der Waals surface area (Å²) in [7, 11) is 0. The van der Waals surface area contributed by atoms with E-state index < -0.39 is 17.2 Å². The van der Waals surface area contributed by atoms with Crippen LogP contribution in [0.3, 0.4) is 0 Å². The summed E-state index contributed by atoms with van der Waals surface area (Å²) in [5.41, 5.74) is 2.45. The number of hydrazine groups is 1. The molecule has 0 saturated heterocycles. The number of carboxylic acid groups (broad SMARTS) is 1. The molecule has 0 aromatic heterocycles. The van der Waals surface area contributed by atoms with Gasteiger partial charge in [0.05, 0.1) is 5.54 Å². The standard InChI is InChI=1S/C16H23N3O3/c1-15(2,3)19(14(21)22)16(9-4-10-16)12-7-5-11(6-8-12)13(20)18-17/h5-8H,4,9-10,17H2,1-3H3,(H,18,20)(H,21,22). The molecule has 0 bridgehead atoms. The number of carbonyl (C=O) groups is 2. The molecule has 0 aliphatic heterocycles. The van der Waals surface area contributed by atoms with Gasteiger partial charge in [-0.25, -0.2) is 10.6 Å². The van der Waals surface area contributed by atoms with Crippen molar-refractivity contribution < 1.29 is 14.7 Å². The van der Waals surface area contributed by atoms with Crippen molar-refractivity contribution in [2.75, 3.05) is 0 Å². The van der Waals surface area contributed by atoms with Crippen molar-refractivity contribution in [3.05, 3.63) is 35.4 Å². The molecule has 1 saturated carbocycles. The number of amides is 2. The van der Waals surface area contributed by atoms with Gasteiger partial charge < -0.3 is 5.11 Å². The summed E-state index contributed by atoms with van der Waals surface area (Å²) in [6.07, 6.45) is 1.65. The van der Waals surface area contributed by atoms with Crippen LogP contribution >= 0.6 is 0 Å². The zero-order chi connectivity index (χ0) is 16.5. The van der Waals surface area contributed by atoms with Gasteiger partial charge in [0, 0.05) is 11.1 Å². The second kappa shape index (κ2) is 5.61. The molecule has 0 unspecified atom stereocenters. The van der Waals surface area contributed by atoms with E-state index in [0.717, 1.165) is 24.8 Å². The van der Waals surface area contributed by atoms with Crippen molar-refractivity contribution in [3.8, 4) is 0 Å². The Labute approximate surface area is 130 Å². The molecule has 6 heteroatoms. The maximum atomic E-state index is 11.8. The summed E-state index contributed by atoms with van der Waals surface area (Å²) in [4.78, 5) is 24.9. The van der Waals surface area contributed by atoms with E-state index in [1.54, 1.807) is 17.0 Å². The summed E-state index contributed by atoms with van der Waals surface area (Å²) in [6.45, 7) is 5.70. The lowest BCUT2D eigenvalue weighted by Crippen LogP contribution is -2.60. The summed E-state index contributed by atoms with van der Waals surface area (Å²) >= 11 is 0. The number of hydrogen-bond donors (Lipinski definition) is 3. The molecule has 0 spiro atoms. The maximum Gasteiger partial charge on any atom is 0.408 e. The molecule has 0 atom stereocenters. The van der Waals surface area contributed by atoms with Gasteiger partial charge >= 0.3 is 6.09 Å². The van der Waals surface area contributed by atoms with Crippen LogP contribution in [0.5, 0.6) is 0 Å². The van der Waals surface area contributed by atoms with Gasteiger partial charge in [0.2, 0.25) is 0 Å². The molecule has 1 aliphatic carbocycles. The predicted molar refractivity (Wildman–Crippen MR) is 83.2 cm³/mol. The van der Waals surface area contributed by atoms with Crippen LogP contribution in [-0.4, -0.2) is 27.5 Å². The fourth-order valence-corrected chi connectivity index (χ4v) is 3.28. The number of nitrogens with zero attached hydrogens (tertiary/aromatic N) is 1. The second-order valence-electron chi connectivity index (χ2n) is 6.72. The molecular weight excluding hydrogens is 282 g/mol. The van der Waals surface area contributed by atoms with Gasteiger partial charge in [0.1, 0.15) is 0 Å². The van der Waals surface area contributed by atoms with E-state index in [-0.39, 0.29) is 5.91 Å². The Kier molecular flexibility index (Phi) is 4.15. The highest BCUT2D eigenvalue weighted by Gasteiger charge is 2.50. The fourth-order valence-electron chi connectivity index (χ4n) is 3.28. The van der Waals surface area contributed by atoms with Gasteiger partial charge in [-0.1, -0.05) is 12.1 Å². The number of carbonyl (C=O) groups excluding carboxylic acids is 1. The Morgan fingerprint density at radius 3 is 2.09 bits per heavy atom. The van der Waals surface area contributed by atoms with Crippen LogP contribution in [-0.2, 0) is 5.54 Å². The van der Waals surface area contributed by atoms with Crippen LogP contribution in [0, 0.1) is 0 Å². The highest BCUT2D eigenvalue weighted by Crippen LogP contribution is 2.49. The molecule has 1 fully saturated rings. The number of nitrogens with two attached hydrogens (primary N) is 1. The lowest BCUT2D eigenvalue weighted by atomic mass is 9.69. The van der Waals surface area contributed by atoms with Crippen LogP contribution in [0.2, 0.25) is 0 Å². The van der Waals surface area contributed by atoms with E-state index in [1.165, 1.54) is 0 Å². The van der Waals surface area contributed by atoms with Gasteiger partial charge in [-0.2, -0.15) is 0 Å². The van der Waals surface area contributed by atoms with E-state index in [1.807, 2.05) is 32.9 Å². The summed E-state index contributed by atoms with van der Waals surface area (Å²) < 4.78 is 0. The quantitative estimate of drug-likeness (QED) is 0.454. The number of benzene rings is 1. The van der Waals surface area contributed by atoms with Gasteiger partial charge in [-0.3, -0.25) is 15.1 Å². The van der Waals surface area contributed by atoms with Crippen LogP contribution in [0.4, 0.5) is 4.79 Å². The lowest BCUT2D eigenvalue weighted by Gasteiger charge is -2.54. The Bertz CT molecular complexity index is 571. The van der Waals surface area contributed by atoms with Crippen LogP contribution in [0.25, 0.3) is 0 Å².